The van der Waals surface area contributed by atoms with Gasteiger partial charge in [0.05, 0.1) is 0 Å². The van der Waals surface area contributed by atoms with Gasteiger partial charge in [0.15, 0.2) is 0 Å². The number of hydrogen-bond donors (Lipinski definition) is 0. The Morgan fingerprint density at radius 1 is 1.14 bits per heavy atom. The number of rotatable bonds is 2. The zero-order chi connectivity index (χ0) is 5.33. The van der Waals surface area contributed by atoms with Crippen molar-refractivity contribution in [1.29, 1.82) is 0 Å². The summed E-state index contributed by atoms with van der Waals surface area (Å²) in [6.07, 6.45) is 0. The standard InChI is InChI=1S/C6H12Ge/c1-3-7(4-2)5-6-7/h5-6H,3-4H2,1-2H3. The van der Waals surface area contributed by atoms with E-state index in [1.165, 1.54) is 10.5 Å². The molecule has 0 aliphatic carbocycles. The molecule has 1 aliphatic heterocycles. The molecular weight excluding hydrogens is 145 g/mol. The predicted octanol–water partition coefficient (Wildman–Crippen LogP) is 2.12. The zero-order valence-corrected chi connectivity index (χ0v) is 7.17. The Morgan fingerprint density at radius 3 is 1.57 bits per heavy atom. The molecule has 0 spiro atoms. The third-order valence-corrected chi connectivity index (χ3v) is 10.2. The molecule has 0 atom stereocenters. The molecule has 0 radical (unpaired) electrons. The van der Waals surface area contributed by atoms with Gasteiger partial charge >= 0.3 is 47.4 Å². The van der Waals surface area contributed by atoms with Crippen molar-refractivity contribution in [2.24, 2.45) is 0 Å². The van der Waals surface area contributed by atoms with Gasteiger partial charge in [-0.1, -0.05) is 0 Å². The van der Waals surface area contributed by atoms with E-state index < -0.39 is 13.3 Å². The Hall–Kier alpha value is 0.283. The first-order valence-corrected chi connectivity index (χ1v) is 8.42. The Morgan fingerprint density at radius 2 is 1.57 bits per heavy atom. The molecule has 40 valence electrons. The van der Waals surface area contributed by atoms with Gasteiger partial charge in [-0.05, 0) is 0 Å². The third-order valence-electron chi connectivity index (χ3n) is 1.95. The van der Waals surface area contributed by atoms with Gasteiger partial charge in [-0.15, -0.1) is 0 Å². The van der Waals surface area contributed by atoms with Gasteiger partial charge < -0.3 is 0 Å². The van der Waals surface area contributed by atoms with E-state index in [-0.39, 0.29) is 0 Å². The average molecular weight is 157 g/mol. The van der Waals surface area contributed by atoms with Crippen LogP contribution in [0.4, 0.5) is 0 Å². The molecule has 0 saturated heterocycles. The van der Waals surface area contributed by atoms with Gasteiger partial charge in [0.2, 0.25) is 0 Å². The molecule has 0 unspecified atom stereocenters. The fourth-order valence-corrected chi connectivity index (χ4v) is 6.93. The van der Waals surface area contributed by atoms with Crippen LogP contribution in [0.25, 0.3) is 0 Å². The van der Waals surface area contributed by atoms with Crippen LogP contribution in [0.1, 0.15) is 13.8 Å². The van der Waals surface area contributed by atoms with Gasteiger partial charge in [-0.25, -0.2) is 0 Å². The predicted molar refractivity (Wildman–Crippen MR) is 35.9 cm³/mol. The summed E-state index contributed by atoms with van der Waals surface area (Å²) in [6, 6.07) is 0. The maximum atomic E-state index is 2.49. The van der Waals surface area contributed by atoms with Crippen LogP contribution in [-0.4, -0.2) is 13.3 Å². The van der Waals surface area contributed by atoms with Crippen molar-refractivity contribution >= 4 is 13.3 Å². The molecule has 0 bridgehead atoms. The fourth-order valence-electron chi connectivity index (χ4n) is 0.839. The van der Waals surface area contributed by atoms with Crippen molar-refractivity contribution in [1.82, 2.24) is 0 Å². The van der Waals surface area contributed by atoms with Crippen molar-refractivity contribution in [3.05, 3.63) is 9.82 Å². The molecule has 1 heteroatoms. The van der Waals surface area contributed by atoms with E-state index in [1.54, 1.807) is 0 Å². The average Bonchev–Trinajstić information content (AvgIpc) is 2.46. The minimum absolute atomic E-state index is 1.08. The van der Waals surface area contributed by atoms with E-state index in [1.807, 2.05) is 0 Å². The molecular formula is C6H12Ge. The monoisotopic (exact) mass is 158 g/mol. The van der Waals surface area contributed by atoms with Crippen LogP contribution in [0.2, 0.25) is 10.5 Å². The van der Waals surface area contributed by atoms with E-state index in [0.717, 1.165) is 0 Å². The SMILES string of the molecule is C[CH2][Ge]1([CH2]C)[CH]=[CH]1. The third kappa shape index (κ3) is 0.905. The maximum absolute atomic E-state index is 2.49. The zero-order valence-electron chi connectivity index (χ0n) is 5.07. The van der Waals surface area contributed by atoms with Crippen molar-refractivity contribution in [2.75, 3.05) is 0 Å². The normalized spacial score (nSPS) is 22.6. The molecule has 1 aliphatic rings. The molecule has 0 N–H and O–H groups in total. The summed E-state index contributed by atoms with van der Waals surface area (Å²) in [7, 11) is 0. The van der Waals surface area contributed by atoms with Crippen molar-refractivity contribution < 1.29 is 0 Å². The van der Waals surface area contributed by atoms with E-state index in [9.17, 15) is 0 Å². The van der Waals surface area contributed by atoms with E-state index in [4.69, 9.17) is 0 Å². The van der Waals surface area contributed by atoms with Gasteiger partial charge in [-0.3, -0.25) is 0 Å². The molecule has 0 aromatic carbocycles. The van der Waals surface area contributed by atoms with Gasteiger partial charge in [0.1, 0.15) is 0 Å². The van der Waals surface area contributed by atoms with Crippen molar-refractivity contribution in [3.63, 3.8) is 0 Å². The molecule has 0 aromatic rings. The second kappa shape index (κ2) is 1.66. The first-order chi connectivity index (χ1) is 3.33. The van der Waals surface area contributed by atoms with Crippen LogP contribution >= 0.6 is 0 Å². The van der Waals surface area contributed by atoms with Crippen molar-refractivity contribution in [2.45, 2.75) is 24.4 Å². The minimum atomic E-state index is -1.08. The van der Waals surface area contributed by atoms with Crippen LogP contribution in [0.3, 0.4) is 0 Å². The summed E-state index contributed by atoms with van der Waals surface area (Å²) in [5.41, 5.74) is 0. The van der Waals surface area contributed by atoms with Gasteiger partial charge in [0, 0.05) is 0 Å². The molecule has 0 aromatic heterocycles. The Bertz CT molecular complexity index is 82.4. The first kappa shape index (κ1) is 5.42. The van der Waals surface area contributed by atoms with Crippen LogP contribution in [-0.2, 0) is 0 Å². The molecule has 0 nitrogen and oxygen atoms in total. The molecule has 7 heavy (non-hydrogen) atoms. The topological polar surface area (TPSA) is 0 Å². The summed E-state index contributed by atoms with van der Waals surface area (Å²) in [6.45, 7) is 4.65. The molecule has 0 saturated carbocycles. The Balaban J connectivity index is 2.31. The summed E-state index contributed by atoms with van der Waals surface area (Å²) >= 11 is -1.08. The second-order valence-corrected chi connectivity index (χ2v) is 11.8. The number of hydrogen-bond acceptors (Lipinski definition) is 0. The molecule has 0 fully saturated rings. The summed E-state index contributed by atoms with van der Waals surface area (Å²) in [5, 5.41) is 2.97. The van der Waals surface area contributed by atoms with E-state index in [0.29, 0.717) is 0 Å². The fraction of sp³-hybridized carbons (Fsp3) is 0.667. The van der Waals surface area contributed by atoms with Crippen molar-refractivity contribution in [3.8, 4) is 0 Å². The van der Waals surface area contributed by atoms with E-state index >= 15 is 0 Å². The summed E-state index contributed by atoms with van der Waals surface area (Å²) < 4.78 is 0. The Kier molecular flexibility index (Phi) is 1.28. The van der Waals surface area contributed by atoms with Crippen LogP contribution in [0.5, 0.6) is 0 Å². The molecule has 1 heterocycles. The van der Waals surface area contributed by atoms with Crippen LogP contribution in [0, 0.1) is 0 Å². The quantitative estimate of drug-likeness (QED) is 0.538. The van der Waals surface area contributed by atoms with E-state index in [2.05, 4.69) is 23.7 Å². The summed E-state index contributed by atoms with van der Waals surface area (Å²) in [4.78, 5) is 4.97. The molecule has 1 rings (SSSR count). The molecule has 0 amide bonds. The second-order valence-electron chi connectivity index (χ2n) is 2.27. The Labute approximate surface area is 48.0 Å². The van der Waals surface area contributed by atoms with Gasteiger partial charge in [0.25, 0.3) is 0 Å². The summed E-state index contributed by atoms with van der Waals surface area (Å²) in [5.74, 6) is 0. The van der Waals surface area contributed by atoms with Crippen LogP contribution in [0.15, 0.2) is 9.82 Å². The van der Waals surface area contributed by atoms with Gasteiger partial charge in [-0.2, -0.15) is 0 Å². The first-order valence-electron chi connectivity index (χ1n) is 3.03. The van der Waals surface area contributed by atoms with Crippen LogP contribution < -0.4 is 0 Å².